The number of nitrogens with one attached hydrogen (secondary N) is 1. The van der Waals surface area contributed by atoms with Crippen LogP contribution in [0.5, 0.6) is 0 Å². The molecule has 0 spiro atoms. The first kappa shape index (κ1) is 19.9. The van der Waals surface area contributed by atoms with Gasteiger partial charge in [0, 0.05) is 22.8 Å². The van der Waals surface area contributed by atoms with Crippen molar-refractivity contribution < 1.29 is 19.1 Å². The van der Waals surface area contributed by atoms with E-state index in [0.717, 1.165) is 16.2 Å². The summed E-state index contributed by atoms with van der Waals surface area (Å²) in [5.74, 6) is -1.05. The molecule has 7 heteroatoms. The zero-order valence-electron chi connectivity index (χ0n) is 15.6. The van der Waals surface area contributed by atoms with Crippen LogP contribution in [0.2, 0.25) is 0 Å². The van der Waals surface area contributed by atoms with Crippen LogP contribution in [0.25, 0.3) is 0 Å². The van der Waals surface area contributed by atoms with Crippen molar-refractivity contribution in [2.75, 3.05) is 18.4 Å². The quantitative estimate of drug-likeness (QED) is 0.724. The maximum absolute atomic E-state index is 12.5. The molecule has 0 saturated carbocycles. The standard InChI is InChI=1S/C21H22N2O4S/c1-15(27-20(25)14-23-13-7-12-19(23)24)21(26)22-17-10-5-6-11-18(17)28-16-8-3-2-4-9-16/h2-6,8-11,15H,7,12-14H2,1H3,(H,22,26)/t15-/m1/s1. The molecule has 1 saturated heterocycles. The summed E-state index contributed by atoms with van der Waals surface area (Å²) >= 11 is 1.54. The van der Waals surface area contributed by atoms with E-state index in [-0.39, 0.29) is 12.5 Å². The zero-order chi connectivity index (χ0) is 19.9. The average molecular weight is 398 g/mol. The van der Waals surface area contributed by atoms with Crippen molar-refractivity contribution in [2.45, 2.75) is 35.7 Å². The molecule has 1 N–H and O–H groups in total. The number of ether oxygens (including phenoxy) is 1. The smallest absolute Gasteiger partial charge is 0.326 e. The van der Waals surface area contributed by atoms with Crippen LogP contribution in [0, 0.1) is 0 Å². The Morgan fingerprint density at radius 1 is 1.14 bits per heavy atom. The number of esters is 1. The highest BCUT2D eigenvalue weighted by molar-refractivity contribution is 7.99. The fraction of sp³-hybridized carbons (Fsp3) is 0.286. The molecule has 2 amide bonds. The van der Waals surface area contributed by atoms with E-state index in [0.29, 0.717) is 18.7 Å². The third-order valence-corrected chi connectivity index (χ3v) is 5.37. The van der Waals surface area contributed by atoms with Crippen molar-refractivity contribution in [1.29, 1.82) is 0 Å². The highest BCUT2D eigenvalue weighted by Gasteiger charge is 2.25. The largest absolute Gasteiger partial charge is 0.451 e. The Kier molecular flexibility index (Phi) is 6.71. The molecule has 1 fully saturated rings. The molecule has 1 atom stereocenters. The molecule has 6 nitrogen and oxygen atoms in total. The number of anilines is 1. The number of para-hydroxylation sites is 1. The number of nitrogens with zero attached hydrogens (tertiary/aromatic N) is 1. The maximum atomic E-state index is 12.5. The van der Waals surface area contributed by atoms with E-state index in [9.17, 15) is 14.4 Å². The Morgan fingerprint density at radius 3 is 2.57 bits per heavy atom. The normalized spacial score (nSPS) is 14.6. The van der Waals surface area contributed by atoms with Gasteiger partial charge in [-0.1, -0.05) is 42.1 Å². The summed E-state index contributed by atoms with van der Waals surface area (Å²) in [5, 5.41) is 2.82. The van der Waals surface area contributed by atoms with Gasteiger partial charge >= 0.3 is 5.97 Å². The van der Waals surface area contributed by atoms with Gasteiger partial charge in [-0.3, -0.25) is 14.4 Å². The molecular formula is C21H22N2O4S. The molecule has 3 rings (SSSR count). The van der Waals surface area contributed by atoms with E-state index in [2.05, 4.69) is 5.32 Å². The molecule has 2 aromatic rings. The van der Waals surface area contributed by atoms with Crippen LogP contribution in [0.3, 0.4) is 0 Å². The first-order valence-corrected chi connectivity index (χ1v) is 9.94. The van der Waals surface area contributed by atoms with Crippen molar-refractivity contribution in [2.24, 2.45) is 0 Å². The summed E-state index contributed by atoms with van der Waals surface area (Å²) in [6.45, 7) is 1.96. The summed E-state index contributed by atoms with van der Waals surface area (Å²) in [7, 11) is 0. The van der Waals surface area contributed by atoms with Gasteiger partial charge in [0.2, 0.25) is 5.91 Å². The molecular weight excluding hydrogens is 376 g/mol. The van der Waals surface area contributed by atoms with Crippen molar-refractivity contribution in [3.8, 4) is 0 Å². The lowest BCUT2D eigenvalue weighted by Gasteiger charge is -2.18. The topological polar surface area (TPSA) is 75.7 Å². The van der Waals surface area contributed by atoms with Crippen LogP contribution >= 0.6 is 11.8 Å². The van der Waals surface area contributed by atoms with Gasteiger partial charge < -0.3 is 15.0 Å². The number of likely N-dealkylation sites (tertiary alicyclic amines) is 1. The minimum Gasteiger partial charge on any atom is -0.451 e. The molecule has 2 aromatic carbocycles. The van der Waals surface area contributed by atoms with Gasteiger partial charge in [-0.15, -0.1) is 0 Å². The summed E-state index contributed by atoms with van der Waals surface area (Å²) in [5.41, 5.74) is 0.652. The van der Waals surface area contributed by atoms with E-state index in [1.54, 1.807) is 6.07 Å². The van der Waals surface area contributed by atoms with Crippen LogP contribution < -0.4 is 5.32 Å². The van der Waals surface area contributed by atoms with Crippen molar-refractivity contribution >= 4 is 35.2 Å². The molecule has 1 heterocycles. The van der Waals surface area contributed by atoms with E-state index in [4.69, 9.17) is 4.74 Å². The summed E-state index contributed by atoms with van der Waals surface area (Å²) in [6, 6.07) is 17.3. The van der Waals surface area contributed by atoms with E-state index < -0.39 is 18.0 Å². The molecule has 28 heavy (non-hydrogen) atoms. The van der Waals surface area contributed by atoms with E-state index in [1.807, 2.05) is 48.5 Å². The molecule has 0 unspecified atom stereocenters. The van der Waals surface area contributed by atoms with Gasteiger partial charge in [-0.05, 0) is 37.6 Å². The van der Waals surface area contributed by atoms with Crippen LogP contribution in [-0.4, -0.2) is 41.9 Å². The lowest BCUT2D eigenvalue weighted by molar-refractivity contribution is -0.155. The minimum absolute atomic E-state index is 0.0547. The molecule has 1 aliphatic rings. The molecule has 146 valence electrons. The monoisotopic (exact) mass is 398 g/mol. The van der Waals surface area contributed by atoms with Crippen molar-refractivity contribution in [3.63, 3.8) is 0 Å². The third-order valence-electron chi connectivity index (χ3n) is 4.28. The van der Waals surface area contributed by atoms with Crippen LogP contribution in [0.4, 0.5) is 5.69 Å². The second kappa shape index (κ2) is 9.41. The summed E-state index contributed by atoms with van der Waals surface area (Å²) in [6.07, 6.45) is 0.247. The number of benzene rings is 2. The first-order chi connectivity index (χ1) is 13.5. The molecule has 0 aromatic heterocycles. The first-order valence-electron chi connectivity index (χ1n) is 9.13. The lowest BCUT2D eigenvalue weighted by atomic mass is 10.3. The Morgan fingerprint density at radius 2 is 1.86 bits per heavy atom. The highest BCUT2D eigenvalue weighted by Crippen LogP contribution is 2.33. The van der Waals surface area contributed by atoms with E-state index >= 15 is 0 Å². The van der Waals surface area contributed by atoms with Gasteiger partial charge in [0.15, 0.2) is 6.10 Å². The Hall–Kier alpha value is -2.80. The number of carbonyl (C=O) groups is 3. The van der Waals surface area contributed by atoms with Crippen molar-refractivity contribution in [3.05, 3.63) is 54.6 Å². The van der Waals surface area contributed by atoms with E-state index in [1.165, 1.54) is 23.6 Å². The van der Waals surface area contributed by atoms with Gasteiger partial charge in [-0.25, -0.2) is 0 Å². The Bertz CT molecular complexity index is 856. The van der Waals surface area contributed by atoms with Crippen molar-refractivity contribution in [1.82, 2.24) is 4.90 Å². The minimum atomic E-state index is -0.958. The second-order valence-electron chi connectivity index (χ2n) is 6.45. The zero-order valence-corrected chi connectivity index (χ0v) is 16.4. The predicted octanol–water partition coefficient (Wildman–Crippen LogP) is 3.33. The van der Waals surface area contributed by atoms with Crippen LogP contribution in [-0.2, 0) is 19.1 Å². The van der Waals surface area contributed by atoms with Gasteiger partial charge in [0.05, 0.1) is 5.69 Å². The number of hydrogen-bond acceptors (Lipinski definition) is 5. The number of rotatable bonds is 7. The second-order valence-corrected chi connectivity index (χ2v) is 7.57. The lowest BCUT2D eigenvalue weighted by Crippen LogP contribution is -2.36. The summed E-state index contributed by atoms with van der Waals surface area (Å²) in [4.78, 5) is 39.5. The average Bonchev–Trinajstić information content (AvgIpc) is 3.08. The predicted molar refractivity (Wildman–Crippen MR) is 107 cm³/mol. The molecule has 0 radical (unpaired) electrons. The Labute approximate surface area is 168 Å². The number of carbonyl (C=O) groups excluding carboxylic acids is 3. The van der Waals surface area contributed by atoms with Crippen LogP contribution in [0.1, 0.15) is 19.8 Å². The molecule has 1 aliphatic heterocycles. The fourth-order valence-electron chi connectivity index (χ4n) is 2.82. The maximum Gasteiger partial charge on any atom is 0.326 e. The molecule has 0 aliphatic carbocycles. The van der Waals surface area contributed by atoms with Gasteiger partial charge in [0.25, 0.3) is 5.91 Å². The molecule has 0 bridgehead atoms. The van der Waals surface area contributed by atoms with Crippen LogP contribution in [0.15, 0.2) is 64.4 Å². The highest BCUT2D eigenvalue weighted by atomic mass is 32.2. The summed E-state index contributed by atoms with van der Waals surface area (Å²) < 4.78 is 5.20. The number of amides is 2. The van der Waals surface area contributed by atoms with Gasteiger partial charge in [-0.2, -0.15) is 0 Å². The van der Waals surface area contributed by atoms with Gasteiger partial charge in [0.1, 0.15) is 6.54 Å². The fourth-order valence-corrected chi connectivity index (χ4v) is 3.75. The third kappa shape index (κ3) is 5.36. The Balaban J connectivity index is 1.58. The number of hydrogen-bond donors (Lipinski definition) is 1. The SMILES string of the molecule is C[C@@H](OC(=O)CN1CCCC1=O)C(=O)Nc1ccccc1Sc1ccccc1.